The van der Waals surface area contributed by atoms with Crippen LogP contribution in [0.5, 0.6) is 0 Å². The van der Waals surface area contributed by atoms with Gasteiger partial charge in [0.2, 0.25) is 0 Å². The third-order valence-electron chi connectivity index (χ3n) is 3.88. The van der Waals surface area contributed by atoms with Gasteiger partial charge in [0, 0.05) is 36.8 Å². The number of nitrogens with one attached hydrogen (secondary N) is 1. The number of aryl methyl sites for hydroxylation is 2. The molecule has 3 rings (SSSR count). The van der Waals surface area contributed by atoms with Gasteiger partial charge in [-0.05, 0) is 31.5 Å². The molecule has 0 atom stereocenters. The van der Waals surface area contributed by atoms with Gasteiger partial charge in [0.15, 0.2) is 0 Å². The first-order valence-corrected chi connectivity index (χ1v) is 9.74. The maximum absolute atomic E-state index is 12.2. The van der Waals surface area contributed by atoms with Crippen LogP contribution < -0.4 is 10.2 Å². The van der Waals surface area contributed by atoms with E-state index in [-0.39, 0.29) is 5.91 Å². The van der Waals surface area contributed by atoms with Crippen LogP contribution >= 0.6 is 23.1 Å². The van der Waals surface area contributed by atoms with E-state index in [9.17, 15) is 4.79 Å². The van der Waals surface area contributed by atoms with E-state index in [0.29, 0.717) is 11.4 Å². The molecule has 1 aromatic heterocycles. The van der Waals surface area contributed by atoms with Gasteiger partial charge in [0.25, 0.3) is 5.91 Å². The average molecular weight is 348 g/mol. The van der Waals surface area contributed by atoms with Crippen LogP contribution in [0.15, 0.2) is 24.3 Å². The number of carbonyl (C=O) groups excluding carboxylic acids is 1. The summed E-state index contributed by atoms with van der Waals surface area (Å²) in [6, 6.07) is 8.50. The van der Waals surface area contributed by atoms with Crippen LogP contribution in [-0.4, -0.2) is 35.5 Å². The minimum Gasteiger partial charge on any atom is -0.370 e. The van der Waals surface area contributed by atoms with Crippen molar-refractivity contribution in [2.24, 2.45) is 0 Å². The molecule has 0 radical (unpaired) electrons. The minimum absolute atomic E-state index is 0.0368. The minimum atomic E-state index is -0.0368. The molecule has 0 unspecified atom stereocenters. The molecule has 2 heterocycles. The number of anilines is 1. The van der Waals surface area contributed by atoms with Gasteiger partial charge in [0.05, 0.1) is 10.7 Å². The van der Waals surface area contributed by atoms with Crippen molar-refractivity contribution in [2.75, 3.05) is 29.5 Å². The molecule has 0 spiro atoms. The van der Waals surface area contributed by atoms with Crippen molar-refractivity contribution in [3.63, 3.8) is 0 Å². The molecule has 1 N–H and O–H groups in total. The molecule has 1 aliphatic heterocycles. The number of rotatable bonds is 4. The molecule has 4 nitrogen and oxygen atoms in total. The number of thioether (sulfide) groups is 1. The van der Waals surface area contributed by atoms with Gasteiger partial charge in [-0.15, -0.1) is 11.3 Å². The number of thiazole rings is 1. The van der Waals surface area contributed by atoms with Crippen LogP contribution in [0.1, 0.15) is 25.9 Å². The molecule has 1 aromatic carbocycles. The molecule has 2 aromatic rings. The topological polar surface area (TPSA) is 45.2 Å². The number of amides is 1. The lowest BCUT2D eigenvalue weighted by Crippen LogP contribution is -2.32. The largest absolute Gasteiger partial charge is 0.370 e. The Morgan fingerprint density at radius 2 is 1.91 bits per heavy atom. The van der Waals surface area contributed by atoms with Crippen LogP contribution in [0.2, 0.25) is 0 Å². The van der Waals surface area contributed by atoms with Crippen LogP contribution in [-0.2, 0) is 6.54 Å². The Hall–Kier alpha value is -1.53. The highest BCUT2D eigenvalue weighted by Gasteiger charge is 2.14. The second kappa shape index (κ2) is 7.36. The van der Waals surface area contributed by atoms with Crippen molar-refractivity contribution >= 4 is 34.7 Å². The lowest BCUT2D eigenvalue weighted by Gasteiger charge is -2.28. The zero-order chi connectivity index (χ0) is 16.2. The first-order valence-electron chi connectivity index (χ1n) is 7.77. The monoisotopic (exact) mass is 347 g/mol. The SMILES string of the molecule is Cc1nc(C)c(C(=O)NCc2ccc(N3CCSCC3)cc2)s1. The first kappa shape index (κ1) is 16.3. The zero-order valence-corrected chi connectivity index (χ0v) is 15.1. The second-order valence-corrected chi connectivity index (χ2v) is 8.02. The van der Waals surface area contributed by atoms with Crippen molar-refractivity contribution in [1.29, 1.82) is 0 Å². The fourth-order valence-corrected chi connectivity index (χ4v) is 4.39. The van der Waals surface area contributed by atoms with E-state index in [1.165, 1.54) is 28.5 Å². The summed E-state index contributed by atoms with van der Waals surface area (Å²) in [4.78, 5) is 19.6. The van der Waals surface area contributed by atoms with Gasteiger partial charge in [0.1, 0.15) is 4.88 Å². The molecular weight excluding hydrogens is 326 g/mol. The third-order valence-corrected chi connectivity index (χ3v) is 5.89. The Balaban J connectivity index is 1.58. The van der Waals surface area contributed by atoms with Gasteiger partial charge in [-0.2, -0.15) is 11.8 Å². The molecule has 1 amide bonds. The molecule has 0 bridgehead atoms. The highest BCUT2D eigenvalue weighted by Crippen LogP contribution is 2.20. The molecule has 1 aliphatic rings. The smallest absolute Gasteiger partial charge is 0.263 e. The Bertz CT molecular complexity index is 676. The van der Waals surface area contributed by atoms with Crippen molar-refractivity contribution in [3.8, 4) is 0 Å². The Morgan fingerprint density at radius 1 is 1.22 bits per heavy atom. The summed E-state index contributed by atoms with van der Waals surface area (Å²) in [5.41, 5.74) is 3.20. The molecule has 122 valence electrons. The molecular formula is C17H21N3OS2. The number of carbonyl (C=O) groups is 1. The normalized spacial score (nSPS) is 14.8. The molecule has 0 aliphatic carbocycles. The summed E-state index contributed by atoms with van der Waals surface area (Å²) in [5, 5.41) is 3.91. The summed E-state index contributed by atoms with van der Waals surface area (Å²) in [6.45, 7) is 6.58. The van der Waals surface area contributed by atoms with E-state index in [2.05, 4.69) is 39.5 Å². The van der Waals surface area contributed by atoms with Crippen LogP contribution in [0.25, 0.3) is 0 Å². The summed E-state index contributed by atoms with van der Waals surface area (Å²) in [6.07, 6.45) is 0. The van der Waals surface area contributed by atoms with Gasteiger partial charge in [-0.25, -0.2) is 4.98 Å². The maximum atomic E-state index is 12.2. The predicted molar refractivity (Wildman–Crippen MR) is 98.7 cm³/mol. The summed E-state index contributed by atoms with van der Waals surface area (Å²) in [5.74, 6) is 2.36. The highest BCUT2D eigenvalue weighted by molar-refractivity contribution is 7.99. The summed E-state index contributed by atoms with van der Waals surface area (Å²) >= 11 is 3.46. The van der Waals surface area contributed by atoms with Gasteiger partial charge in [-0.3, -0.25) is 4.79 Å². The van der Waals surface area contributed by atoms with E-state index in [4.69, 9.17) is 0 Å². The molecule has 0 saturated carbocycles. The average Bonchev–Trinajstić information content (AvgIpc) is 2.92. The van der Waals surface area contributed by atoms with E-state index in [1.807, 2.05) is 25.6 Å². The van der Waals surface area contributed by atoms with E-state index in [1.54, 1.807) is 0 Å². The maximum Gasteiger partial charge on any atom is 0.263 e. The van der Waals surface area contributed by atoms with E-state index < -0.39 is 0 Å². The lowest BCUT2D eigenvalue weighted by molar-refractivity contribution is 0.0954. The van der Waals surface area contributed by atoms with Gasteiger partial charge in [-0.1, -0.05) is 12.1 Å². The highest BCUT2D eigenvalue weighted by atomic mass is 32.2. The van der Waals surface area contributed by atoms with Crippen molar-refractivity contribution in [3.05, 3.63) is 45.4 Å². The lowest BCUT2D eigenvalue weighted by atomic mass is 10.2. The molecule has 1 saturated heterocycles. The standard InChI is InChI=1S/C17H21N3OS2/c1-12-16(23-13(2)19-12)17(21)18-11-14-3-5-15(6-4-14)20-7-9-22-10-8-20/h3-6H,7-11H2,1-2H3,(H,18,21). The predicted octanol–water partition coefficient (Wildman–Crippen LogP) is 3.24. The van der Waals surface area contributed by atoms with Gasteiger partial charge >= 0.3 is 0 Å². The summed E-state index contributed by atoms with van der Waals surface area (Å²) in [7, 11) is 0. The van der Waals surface area contributed by atoms with Gasteiger partial charge < -0.3 is 10.2 Å². The Kier molecular flexibility index (Phi) is 5.23. The summed E-state index contributed by atoms with van der Waals surface area (Å²) < 4.78 is 0. The fraction of sp³-hybridized carbons (Fsp3) is 0.412. The number of aromatic nitrogens is 1. The fourth-order valence-electron chi connectivity index (χ4n) is 2.65. The number of hydrogen-bond donors (Lipinski definition) is 1. The van der Waals surface area contributed by atoms with Crippen LogP contribution in [0.4, 0.5) is 5.69 Å². The first-order chi connectivity index (χ1) is 11.1. The van der Waals surface area contributed by atoms with Crippen molar-refractivity contribution in [1.82, 2.24) is 10.3 Å². The quantitative estimate of drug-likeness (QED) is 0.922. The Morgan fingerprint density at radius 3 is 2.52 bits per heavy atom. The Labute approximate surface area is 145 Å². The van der Waals surface area contributed by atoms with E-state index in [0.717, 1.165) is 29.4 Å². The second-order valence-electron chi connectivity index (χ2n) is 5.60. The van der Waals surface area contributed by atoms with Crippen molar-refractivity contribution in [2.45, 2.75) is 20.4 Å². The molecule has 23 heavy (non-hydrogen) atoms. The molecule has 6 heteroatoms. The van der Waals surface area contributed by atoms with E-state index >= 15 is 0 Å². The number of nitrogens with zero attached hydrogens (tertiary/aromatic N) is 2. The molecule has 1 fully saturated rings. The number of benzene rings is 1. The third kappa shape index (κ3) is 4.06. The van der Waals surface area contributed by atoms with Crippen LogP contribution in [0, 0.1) is 13.8 Å². The zero-order valence-electron chi connectivity index (χ0n) is 13.5. The van der Waals surface area contributed by atoms with Crippen LogP contribution in [0.3, 0.4) is 0 Å². The number of hydrogen-bond acceptors (Lipinski definition) is 5. The van der Waals surface area contributed by atoms with Crippen molar-refractivity contribution < 1.29 is 4.79 Å².